The van der Waals surface area contributed by atoms with Crippen LogP contribution in [0.4, 0.5) is 0 Å². The summed E-state index contributed by atoms with van der Waals surface area (Å²) in [4.78, 5) is 0. The van der Waals surface area contributed by atoms with E-state index in [0.717, 1.165) is 25.9 Å². The Bertz CT molecular complexity index is 418. The molecule has 5 nitrogen and oxygen atoms in total. The molecule has 2 N–H and O–H groups in total. The third-order valence-electron chi connectivity index (χ3n) is 5.45. The Kier molecular flexibility index (Phi) is 6.24. The Morgan fingerprint density at radius 1 is 1.10 bits per heavy atom. The van der Waals surface area contributed by atoms with E-state index in [4.69, 9.17) is 0 Å². The molecule has 1 rings (SSSR count). The topological polar surface area (TPSA) is 61.4 Å². The molecule has 0 radical (unpaired) electrons. The molecule has 0 bridgehead atoms. The van der Waals surface area contributed by atoms with Crippen LogP contribution in [0, 0.1) is 16.7 Å². The number of rotatable bonds is 10. The van der Waals surface area contributed by atoms with Gasteiger partial charge in [0.15, 0.2) is 0 Å². The van der Waals surface area contributed by atoms with Crippen LogP contribution in [0.3, 0.4) is 0 Å². The molecule has 0 aliphatic heterocycles. The van der Waals surface area contributed by atoms with Crippen LogP contribution in [0.1, 0.15) is 47.5 Å². The zero-order valence-corrected chi connectivity index (χ0v) is 15.3. The van der Waals surface area contributed by atoms with Crippen molar-refractivity contribution < 1.29 is 8.42 Å². The van der Waals surface area contributed by atoms with Gasteiger partial charge in [-0.1, -0.05) is 34.6 Å². The van der Waals surface area contributed by atoms with Crippen LogP contribution in [0.15, 0.2) is 0 Å². The Balaban J connectivity index is 2.33. The van der Waals surface area contributed by atoms with E-state index in [2.05, 4.69) is 44.7 Å². The van der Waals surface area contributed by atoms with Crippen LogP contribution >= 0.6 is 0 Å². The van der Waals surface area contributed by atoms with E-state index in [-0.39, 0.29) is 10.8 Å². The lowest BCUT2D eigenvalue weighted by Gasteiger charge is -2.18. The summed E-state index contributed by atoms with van der Waals surface area (Å²) >= 11 is 0. The van der Waals surface area contributed by atoms with E-state index < -0.39 is 10.2 Å². The van der Waals surface area contributed by atoms with Crippen LogP contribution in [0.25, 0.3) is 0 Å². The van der Waals surface area contributed by atoms with Gasteiger partial charge in [-0.25, -0.2) is 4.72 Å². The molecule has 0 spiro atoms. The van der Waals surface area contributed by atoms with E-state index in [0.29, 0.717) is 19.0 Å². The summed E-state index contributed by atoms with van der Waals surface area (Å²) in [6.07, 6.45) is 1.93. The molecule has 0 aromatic carbocycles. The van der Waals surface area contributed by atoms with Crippen molar-refractivity contribution in [2.24, 2.45) is 16.7 Å². The van der Waals surface area contributed by atoms with Crippen molar-refractivity contribution in [2.75, 3.05) is 33.2 Å². The molecule has 0 unspecified atom stereocenters. The molecule has 0 aromatic heterocycles. The molecule has 126 valence electrons. The minimum atomic E-state index is -3.35. The van der Waals surface area contributed by atoms with Gasteiger partial charge >= 0.3 is 0 Å². The molecule has 0 heterocycles. The maximum absolute atomic E-state index is 12.2. The summed E-state index contributed by atoms with van der Waals surface area (Å²) in [5.74, 6) is 0.402. The van der Waals surface area contributed by atoms with Gasteiger partial charge in [0.05, 0.1) is 0 Å². The zero-order valence-electron chi connectivity index (χ0n) is 14.5. The fraction of sp³-hybridized carbons (Fsp3) is 1.00. The van der Waals surface area contributed by atoms with Crippen LogP contribution in [0.5, 0.6) is 0 Å². The van der Waals surface area contributed by atoms with Crippen molar-refractivity contribution in [2.45, 2.75) is 47.5 Å². The molecular weight excluding hydrogens is 286 g/mol. The first-order valence-corrected chi connectivity index (χ1v) is 9.43. The molecule has 1 aliphatic rings. The lowest BCUT2D eigenvalue weighted by atomic mass is 10.0. The second kappa shape index (κ2) is 6.94. The highest BCUT2D eigenvalue weighted by Gasteiger charge is 2.64. The summed E-state index contributed by atoms with van der Waals surface area (Å²) in [6, 6.07) is 0. The molecule has 21 heavy (non-hydrogen) atoms. The summed E-state index contributed by atoms with van der Waals surface area (Å²) in [7, 11) is -1.71. The van der Waals surface area contributed by atoms with Gasteiger partial charge in [0, 0.05) is 20.1 Å². The minimum Gasteiger partial charge on any atom is -0.317 e. The van der Waals surface area contributed by atoms with E-state index >= 15 is 0 Å². The Morgan fingerprint density at radius 3 is 2.14 bits per heavy atom. The van der Waals surface area contributed by atoms with Crippen molar-refractivity contribution in [3.8, 4) is 0 Å². The minimum absolute atomic E-state index is 0.207. The first-order chi connectivity index (χ1) is 9.57. The number of nitrogens with one attached hydrogen (secondary N) is 2. The largest absolute Gasteiger partial charge is 0.317 e. The third-order valence-corrected chi connectivity index (χ3v) is 6.99. The number of hydrogen-bond acceptors (Lipinski definition) is 3. The lowest BCUT2D eigenvalue weighted by molar-refractivity contribution is 0.439. The number of hydrogen-bond donors (Lipinski definition) is 2. The molecule has 1 aliphatic carbocycles. The third kappa shape index (κ3) is 4.41. The highest BCUT2D eigenvalue weighted by atomic mass is 32.2. The Morgan fingerprint density at radius 2 is 1.67 bits per heavy atom. The van der Waals surface area contributed by atoms with Gasteiger partial charge in [-0.15, -0.1) is 0 Å². The highest BCUT2D eigenvalue weighted by molar-refractivity contribution is 7.87. The summed E-state index contributed by atoms with van der Waals surface area (Å²) in [5, 5.41) is 3.28. The average molecular weight is 320 g/mol. The summed E-state index contributed by atoms with van der Waals surface area (Å²) in [6.45, 7) is 13.9. The standard InChI is InChI=1S/C15H33N3O2S/c1-7-9-16-10-8-11-18(6)21(19,20)17-12-13-14(2,3)15(13,4)5/h13,16-17H,7-12H2,1-6H3. The molecule has 6 heteroatoms. The summed E-state index contributed by atoms with van der Waals surface area (Å²) < 4.78 is 28.6. The Labute approximate surface area is 131 Å². The van der Waals surface area contributed by atoms with Crippen molar-refractivity contribution in [3.63, 3.8) is 0 Å². The van der Waals surface area contributed by atoms with Crippen LogP contribution in [-0.4, -0.2) is 45.9 Å². The van der Waals surface area contributed by atoms with Crippen LogP contribution in [-0.2, 0) is 10.2 Å². The van der Waals surface area contributed by atoms with Gasteiger partial charge in [0.1, 0.15) is 0 Å². The SMILES string of the molecule is CCCNCCCN(C)S(=O)(=O)NCC1C(C)(C)C1(C)C. The molecule has 1 fully saturated rings. The molecule has 0 aromatic rings. The first-order valence-electron chi connectivity index (χ1n) is 7.99. The van der Waals surface area contributed by atoms with E-state index in [9.17, 15) is 8.42 Å². The zero-order chi connectivity index (χ0) is 16.3. The van der Waals surface area contributed by atoms with Gasteiger partial charge in [0.2, 0.25) is 0 Å². The van der Waals surface area contributed by atoms with Gasteiger partial charge < -0.3 is 5.32 Å². The maximum Gasteiger partial charge on any atom is 0.279 e. The quantitative estimate of drug-likeness (QED) is 0.604. The van der Waals surface area contributed by atoms with E-state index in [1.165, 1.54) is 4.31 Å². The van der Waals surface area contributed by atoms with Crippen molar-refractivity contribution >= 4 is 10.2 Å². The predicted molar refractivity (Wildman–Crippen MR) is 88.4 cm³/mol. The highest BCUT2D eigenvalue weighted by Crippen LogP contribution is 2.67. The predicted octanol–water partition coefficient (Wildman–Crippen LogP) is 1.82. The van der Waals surface area contributed by atoms with Crippen molar-refractivity contribution in [1.82, 2.24) is 14.3 Å². The molecule has 0 saturated heterocycles. The lowest BCUT2D eigenvalue weighted by Crippen LogP contribution is -2.40. The second-order valence-corrected chi connectivity index (χ2v) is 9.14. The van der Waals surface area contributed by atoms with Gasteiger partial charge in [-0.2, -0.15) is 12.7 Å². The van der Waals surface area contributed by atoms with Gasteiger partial charge in [-0.3, -0.25) is 0 Å². The molecular formula is C15H33N3O2S. The van der Waals surface area contributed by atoms with E-state index in [1.54, 1.807) is 7.05 Å². The van der Waals surface area contributed by atoms with Gasteiger partial charge in [0.25, 0.3) is 10.2 Å². The Hall–Kier alpha value is -0.170. The summed E-state index contributed by atoms with van der Waals surface area (Å²) in [5.41, 5.74) is 0.413. The fourth-order valence-electron chi connectivity index (χ4n) is 2.99. The van der Waals surface area contributed by atoms with Crippen molar-refractivity contribution in [1.29, 1.82) is 0 Å². The maximum atomic E-state index is 12.2. The van der Waals surface area contributed by atoms with Gasteiger partial charge in [-0.05, 0) is 42.7 Å². The molecule has 0 atom stereocenters. The average Bonchev–Trinajstić information content (AvgIpc) is 2.76. The molecule has 0 amide bonds. The van der Waals surface area contributed by atoms with E-state index in [1.807, 2.05) is 0 Å². The second-order valence-electron chi connectivity index (χ2n) is 7.27. The van der Waals surface area contributed by atoms with Crippen LogP contribution in [0.2, 0.25) is 0 Å². The fourth-order valence-corrected chi connectivity index (χ4v) is 3.96. The normalized spacial score (nSPS) is 20.9. The monoisotopic (exact) mass is 319 g/mol. The van der Waals surface area contributed by atoms with Crippen LogP contribution < -0.4 is 10.0 Å². The smallest absolute Gasteiger partial charge is 0.279 e. The molecule has 1 saturated carbocycles. The first kappa shape index (κ1) is 18.9. The number of nitrogens with zero attached hydrogens (tertiary/aromatic N) is 1. The van der Waals surface area contributed by atoms with Crippen molar-refractivity contribution in [3.05, 3.63) is 0 Å².